The Morgan fingerprint density at radius 1 is 0.909 bits per heavy atom. The Morgan fingerprint density at radius 2 is 1.60 bits per heavy atom. The van der Waals surface area contributed by atoms with E-state index in [2.05, 4.69) is 15.3 Å². The molecule has 0 radical (unpaired) electrons. The first-order chi connectivity index (χ1) is 26.4. The molecule has 3 N–H and O–H groups in total. The number of nitrogens with zero attached hydrogens (tertiary/aromatic N) is 7. The Labute approximate surface area is 321 Å². The lowest BCUT2D eigenvalue weighted by Crippen LogP contribution is -2.62. The van der Waals surface area contributed by atoms with Crippen molar-refractivity contribution < 1.29 is 23.9 Å². The summed E-state index contributed by atoms with van der Waals surface area (Å²) in [4.78, 5) is 44.8. The molecule has 0 unspecified atom stereocenters. The first-order valence-electron chi connectivity index (χ1n) is 19.5. The van der Waals surface area contributed by atoms with Gasteiger partial charge in [0.15, 0.2) is 0 Å². The normalized spacial score (nSPS) is 19.7. The van der Waals surface area contributed by atoms with E-state index < -0.39 is 11.5 Å². The van der Waals surface area contributed by atoms with Gasteiger partial charge in [-0.2, -0.15) is 10.2 Å². The van der Waals surface area contributed by atoms with Crippen molar-refractivity contribution in [2.75, 3.05) is 56.0 Å². The molecule has 8 rings (SSSR count). The molecule has 1 spiro atoms. The summed E-state index contributed by atoms with van der Waals surface area (Å²) in [7, 11) is 0. The van der Waals surface area contributed by atoms with Crippen molar-refractivity contribution in [3.8, 4) is 22.8 Å². The smallest absolute Gasteiger partial charge is 0.410 e. The number of carbonyl (C=O) groups is 3. The zero-order valence-electron chi connectivity index (χ0n) is 31.9. The molecular formula is C41H51N9O5. The zero-order chi connectivity index (χ0) is 38.3. The second kappa shape index (κ2) is 14.6. The van der Waals surface area contributed by atoms with Crippen LogP contribution in [0.1, 0.15) is 69.3 Å². The molecule has 14 nitrogen and oxygen atoms in total. The van der Waals surface area contributed by atoms with Crippen LogP contribution in [0.4, 0.5) is 16.3 Å². The van der Waals surface area contributed by atoms with Crippen molar-refractivity contribution in [1.82, 2.24) is 29.4 Å². The van der Waals surface area contributed by atoms with Gasteiger partial charge in [-0.15, -0.1) is 0 Å². The van der Waals surface area contributed by atoms with Crippen LogP contribution in [0.15, 0.2) is 67.0 Å². The first-order valence-corrected chi connectivity index (χ1v) is 19.5. The minimum absolute atomic E-state index is 0.0606. The number of carbonyl (C=O) groups excluding carboxylic acids is 3. The summed E-state index contributed by atoms with van der Waals surface area (Å²) in [6.07, 6.45) is 8.16. The van der Waals surface area contributed by atoms with Crippen LogP contribution in [-0.4, -0.2) is 98.7 Å². The molecule has 1 atom stereocenters. The predicted octanol–water partition coefficient (Wildman–Crippen LogP) is 5.77. The topological polar surface area (TPSA) is 153 Å². The lowest BCUT2D eigenvalue weighted by Gasteiger charge is -2.53. The number of amides is 3. The van der Waals surface area contributed by atoms with E-state index >= 15 is 0 Å². The summed E-state index contributed by atoms with van der Waals surface area (Å²) >= 11 is 0. The fraction of sp³-hybridized carbons (Fsp3) is 0.488. The Hall–Kier alpha value is -5.53. The third kappa shape index (κ3) is 7.72. The Balaban J connectivity index is 0.847. The van der Waals surface area contributed by atoms with Crippen molar-refractivity contribution in [2.45, 2.75) is 71.1 Å². The number of nitrogens with two attached hydrogens (primary N) is 1. The number of likely N-dealkylation sites (tertiary alicyclic amines) is 2. The lowest BCUT2D eigenvalue weighted by molar-refractivity contribution is -0.133. The number of primary amides is 1. The minimum atomic E-state index is -0.523. The molecule has 0 saturated carbocycles. The maximum Gasteiger partial charge on any atom is 0.410 e. The van der Waals surface area contributed by atoms with Gasteiger partial charge in [-0.25, -0.2) is 9.48 Å². The van der Waals surface area contributed by atoms with Crippen LogP contribution in [0, 0.1) is 11.3 Å². The molecule has 4 aromatic rings. The fourth-order valence-electron chi connectivity index (χ4n) is 8.63. The maximum atomic E-state index is 13.5. The molecule has 3 amide bonds. The number of rotatable bonds is 8. The number of aromatic nitrogens is 4. The maximum absolute atomic E-state index is 13.5. The number of anilines is 2. The van der Waals surface area contributed by atoms with E-state index in [-0.39, 0.29) is 30.0 Å². The summed E-state index contributed by atoms with van der Waals surface area (Å²) in [5, 5.41) is 12.9. The number of nitrogens with one attached hydrogen (secondary N) is 1. The highest BCUT2D eigenvalue weighted by Crippen LogP contribution is 2.43. The SMILES string of the molecule is CC(C)(C)OC(=O)N1CC2(CCN(c3cnn(CC(=O)N4CCC([C@@H]5CCNc6c(C(N)=O)c(-c7ccc(Oc8ccccc8)cc7)nn65)CC4)c3)CC2)C1. The van der Waals surface area contributed by atoms with Gasteiger partial charge in [0.1, 0.15) is 40.7 Å². The van der Waals surface area contributed by atoms with Crippen LogP contribution in [0.2, 0.25) is 0 Å². The average molecular weight is 750 g/mol. The highest BCUT2D eigenvalue weighted by Gasteiger charge is 2.48. The van der Waals surface area contributed by atoms with Crippen molar-refractivity contribution in [1.29, 1.82) is 0 Å². The second-order valence-corrected chi connectivity index (χ2v) is 16.5. The second-order valence-electron chi connectivity index (χ2n) is 16.5. The lowest BCUT2D eigenvalue weighted by atomic mass is 9.72. The summed E-state index contributed by atoms with van der Waals surface area (Å²) in [5.74, 6) is 1.93. The number of para-hydroxylation sites is 1. The van der Waals surface area contributed by atoms with Gasteiger partial charge in [-0.1, -0.05) is 18.2 Å². The Morgan fingerprint density at radius 3 is 2.27 bits per heavy atom. The molecule has 55 heavy (non-hydrogen) atoms. The number of hydrogen-bond acceptors (Lipinski definition) is 9. The van der Waals surface area contributed by atoms with Gasteiger partial charge in [0.2, 0.25) is 5.91 Å². The van der Waals surface area contributed by atoms with Gasteiger partial charge < -0.3 is 35.2 Å². The third-order valence-corrected chi connectivity index (χ3v) is 11.6. The van der Waals surface area contributed by atoms with Crippen LogP contribution < -0.4 is 20.7 Å². The average Bonchev–Trinajstić information content (AvgIpc) is 3.79. The van der Waals surface area contributed by atoms with Crippen molar-refractivity contribution in [3.05, 3.63) is 72.6 Å². The fourth-order valence-corrected chi connectivity index (χ4v) is 8.63. The summed E-state index contributed by atoms with van der Waals surface area (Å²) in [6.45, 7) is 11.2. The highest BCUT2D eigenvalue weighted by atomic mass is 16.6. The largest absolute Gasteiger partial charge is 0.457 e. The molecule has 2 aromatic carbocycles. The van der Waals surface area contributed by atoms with Crippen LogP contribution in [0.3, 0.4) is 0 Å². The van der Waals surface area contributed by atoms with Crippen LogP contribution >= 0.6 is 0 Å². The molecular weight excluding hydrogens is 699 g/mol. The van der Waals surface area contributed by atoms with Crippen molar-refractivity contribution >= 4 is 29.4 Å². The summed E-state index contributed by atoms with van der Waals surface area (Å²) in [6, 6.07) is 17.2. The van der Waals surface area contributed by atoms with E-state index in [4.69, 9.17) is 20.3 Å². The quantitative estimate of drug-likeness (QED) is 0.229. The standard InChI is InChI=1S/C41H51N9O5/c1-40(2,3)55-39(53)48-26-41(27-48)16-21-46(22-17-41)30-23-44-49(24-30)25-34(51)47-19-14-28(15-20-47)33-13-18-43-38-35(37(42)52)36(45-50(33)38)29-9-11-32(12-10-29)54-31-7-5-4-6-8-31/h4-12,23-24,28,33,43H,13-22,25-27H2,1-3H3,(H2,42,52)/t33-/m0/s1. The number of benzene rings is 2. The third-order valence-electron chi connectivity index (χ3n) is 11.6. The molecule has 3 fully saturated rings. The molecule has 3 saturated heterocycles. The van der Waals surface area contributed by atoms with E-state index in [1.165, 1.54) is 0 Å². The summed E-state index contributed by atoms with van der Waals surface area (Å²) < 4.78 is 15.2. The van der Waals surface area contributed by atoms with Gasteiger partial charge in [0, 0.05) is 63.0 Å². The van der Waals surface area contributed by atoms with Gasteiger partial charge in [0.25, 0.3) is 5.91 Å². The van der Waals surface area contributed by atoms with Crippen LogP contribution in [0.25, 0.3) is 11.3 Å². The molecule has 6 heterocycles. The van der Waals surface area contributed by atoms with Crippen LogP contribution in [-0.2, 0) is 16.1 Å². The van der Waals surface area contributed by atoms with E-state index in [0.717, 1.165) is 75.3 Å². The molecule has 290 valence electrons. The van der Waals surface area contributed by atoms with Crippen molar-refractivity contribution in [3.63, 3.8) is 0 Å². The van der Waals surface area contributed by atoms with E-state index in [0.29, 0.717) is 48.4 Å². The molecule has 14 heteroatoms. The van der Waals surface area contributed by atoms with E-state index in [1.807, 2.05) is 102 Å². The minimum Gasteiger partial charge on any atom is -0.457 e. The molecule has 0 aliphatic carbocycles. The molecule has 4 aliphatic rings. The van der Waals surface area contributed by atoms with Gasteiger partial charge in [0.05, 0.1) is 17.9 Å². The number of hydrogen-bond donors (Lipinski definition) is 2. The zero-order valence-corrected chi connectivity index (χ0v) is 31.9. The van der Waals surface area contributed by atoms with E-state index in [9.17, 15) is 14.4 Å². The van der Waals surface area contributed by atoms with Crippen LogP contribution in [0.5, 0.6) is 11.5 Å². The predicted molar refractivity (Wildman–Crippen MR) is 208 cm³/mol. The molecule has 4 aliphatic heterocycles. The van der Waals surface area contributed by atoms with Gasteiger partial charge in [-0.05, 0) is 95.2 Å². The number of ether oxygens (including phenoxy) is 2. The van der Waals surface area contributed by atoms with Gasteiger partial charge >= 0.3 is 6.09 Å². The summed E-state index contributed by atoms with van der Waals surface area (Å²) in [5.41, 5.74) is 8.39. The highest BCUT2D eigenvalue weighted by molar-refractivity contribution is 6.03. The monoisotopic (exact) mass is 749 g/mol. The van der Waals surface area contributed by atoms with E-state index in [1.54, 1.807) is 4.68 Å². The molecule has 2 aromatic heterocycles. The molecule has 0 bridgehead atoms. The van der Waals surface area contributed by atoms with Gasteiger partial charge in [-0.3, -0.25) is 14.3 Å². The number of fused-ring (bicyclic) bond motifs is 1. The Bertz CT molecular complexity index is 2010. The first kappa shape index (κ1) is 36.4. The Kier molecular flexibility index (Phi) is 9.68. The van der Waals surface area contributed by atoms with Crippen molar-refractivity contribution in [2.24, 2.45) is 17.1 Å². The number of piperidine rings is 2.